The Labute approximate surface area is 149 Å². The summed E-state index contributed by atoms with van der Waals surface area (Å²) >= 11 is 3.40. The molecule has 128 valence electrons. The first-order chi connectivity index (χ1) is 11.4. The topological polar surface area (TPSA) is 65.0 Å². The summed E-state index contributed by atoms with van der Waals surface area (Å²) in [5.74, 6) is -2.01. The van der Waals surface area contributed by atoms with Gasteiger partial charge in [0.05, 0.1) is 19.3 Å². The van der Waals surface area contributed by atoms with Crippen molar-refractivity contribution < 1.29 is 19.1 Å². The lowest BCUT2D eigenvalue weighted by molar-refractivity contribution is -0.144. The molecule has 0 fully saturated rings. The fourth-order valence-corrected chi connectivity index (χ4v) is 3.24. The number of benzene rings is 1. The van der Waals surface area contributed by atoms with Gasteiger partial charge in [0.2, 0.25) is 0 Å². The van der Waals surface area contributed by atoms with Gasteiger partial charge in [-0.1, -0.05) is 28.1 Å². The second kappa shape index (κ2) is 7.75. The molecule has 0 saturated heterocycles. The van der Waals surface area contributed by atoms with Gasteiger partial charge in [0.15, 0.2) is 0 Å². The molecule has 2 atom stereocenters. The van der Waals surface area contributed by atoms with Gasteiger partial charge in [-0.2, -0.15) is 0 Å². The Bertz CT molecular complexity index is 706. The van der Waals surface area contributed by atoms with Gasteiger partial charge >= 0.3 is 11.9 Å². The minimum Gasteiger partial charge on any atom is -0.468 e. The Morgan fingerprint density at radius 2 is 1.83 bits per heavy atom. The van der Waals surface area contributed by atoms with E-state index in [4.69, 9.17) is 9.47 Å². The summed E-state index contributed by atoms with van der Waals surface area (Å²) in [7, 11) is 1.34. The first-order valence-corrected chi connectivity index (χ1v) is 8.46. The average Bonchev–Trinajstić information content (AvgIpc) is 2.54. The molecule has 2 rings (SSSR count). The van der Waals surface area contributed by atoms with Crippen LogP contribution in [0, 0.1) is 5.92 Å². The zero-order chi connectivity index (χ0) is 17.9. The second-order valence-corrected chi connectivity index (χ2v) is 6.42. The first kappa shape index (κ1) is 18.4. The third kappa shape index (κ3) is 3.59. The molecule has 0 aliphatic carbocycles. The van der Waals surface area contributed by atoms with Crippen LogP contribution in [0.25, 0.3) is 0 Å². The number of rotatable bonds is 4. The van der Waals surface area contributed by atoms with Crippen LogP contribution in [0.1, 0.15) is 32.3 Å². The van der Waals surface area contributed by atoms with Crippen LogP contribution in [0.3, 0.4) is 0 Å². The number of aliphatic imine (C=N–C) groups is 1. The monoisotopic (exact) mass is 393 g/mol. The number of hydrogen-bond acceptors (Lipinski definition) is 5. The Kier molecular flexibility index (Phi) is 5.94. The number of hydrogen-bond donors (Lipinski definition) is 0. The summed E-state index contributed by atoms with van der Waals surface area (Å²) in [4.78, 5) is 29.3. The van der Waals surface area contributed by atoms with E-state index in [0.717, 1.165) is 10.0 Å². The fraction of sp³-hybridized carbons (Fsp3) is 0.389. The Morgan fingerprint density at radius 3 is 2.38 bits per heavy atom. The lowest BCUT2D eigenvalue weighted by atomic mass is 9.75. The summed E-state index contributed by atoms with van der Waals surface area (Å²) in [5, 5.41) is 0. The summed E-state index contributed by atoms with van der Waals surface area (Å²) in [5.41, 5.74) is 2.43. The van der Waals surface area contributed by atoms with Gasteiger partial charge in [-0.3, -0.25) is 9.79 Å². The van der Waals surface area contributed by atoms with Gasteiger partial charge in [0.1, 0.15) is 5.92 Å². The largest absolute Gasteiger partial charge is 0.468 e. The number of esters is 2. The van der Waals surface area contributed by atoms with Gasteiger partial charge in [0.25, 0.3) is 0 Å². The van der Waals surface area contributed by atoms with Crippen molar-refractivity contribution in [2.45, 2.75) is 26.7 Å². The predicted molar refractivity (Wildman–Crippen MR) is 94.8 cm³/mol. The summed E-state index contributed by atoms with van der Waals surface area (Å²) in [6.45, 7) is 5.54. The highest BCUT2D eigenvalue weighted by molar-refractivity contribution is 9.10. The maximum Gasteiger partial charge on any atom is 0.336 e. The molecule has 0 spiro atoms. The molecular formula is C18H20BrNO4. The van der Waals surface area contributed by atoms with Crippen molar-refractivity contribution in [2.75, 3.05) is 13.7 Å². The highest BCUT2D eigenvalue weighted by Crippen LogP contribution is 2.40. The highest BCUT2D eigenvalue weighted by Gasteiger charge is 2.42. The Morgan fingerprint density at radius 1 is 1.21 bits per heavy atom. The van der Waals surface area contributed by atoms with Crippen LogP contribution >= 0.6 is 15.9 Å². The van der Waals surface area contributed by atoms with E-state index in [2.05, 4.69) is 20.9 Å². The van der Waals surface area contributed by atoms with E-state index in [1.54, 1.807) is 20.8 Å². The first-order valence-electron chi connectivity index (χ1n) is 7.67. The number of ether oxygens (including phenoxy) is 2. The SMILES string of the molecule is CCOC(=O)C1=C(C)N=C(C)C(C(=O)OC)C1c1ccc(Br)cc1. The van der Waals surface area contributed by atoms with E-state index in [1.807, 2.05) is 24.3 Å². The molecule has 0 amide bonds. The van der Waals surface area contributed by atoms with Crippen molar-refractivity contribution in [3.8, 4) is 0 Å². The van der Waals surface area contributed by atoms with Gasteiger partial charge in [-0.05, 0) is 38.5 Å². The van der Waals surface area contributed by atoms with E-state index < -0.39 is 23.8 Å². The van der Waals surface area contributed by atoms with Gasteiger partial charge < -0.3 is 9.47 Å². The molecule has 0 aromatic heterocycles. The van der Waals surface area contributed by atoms with Gasteiger partial charge in [-0.15, -0.1) is 0 Å². The molecule has 0 bridgehead atoms. The number of nitrogens with zero attached hydrogens (tertiary/aromatic N) is 1. The summed E-state index contributed by atoms with van der Waals surface area (Å²) in [6, 6.07) is 7.53. The number of carbonyl (C=O) groups excluding carboxylic acids is 2. The molecule has 1 aliphatic rings. The molecule has 1 aromatic carbocycles. The van der Waals surface area contributed by atoms with Crippen LogP contribution < -0.4 is 0 Å². The van der Waals surface area contributed by atoms with E-state index in [1.165, 1.54) is 7.11 Å². The Hall–Kier alpha value is -1.95. The third-order valence-corrected chi connectivity index (χ3v) is 4.54. The van der Waals surface area contributed by atoms with Crippen molar-refractivity contribution in [2.24, 2.45) is 10.9 Å². The number of carbonyl (C=O) groups is 2. The molecule has 1 aromatic rings. The van der Waals surface area contributed by atoms with Crippen molar-refractivity contribution in [1.82, 2.24) is 0 Å². The molecule has 0 saturated carbocycles. The van der Waals surface area contributed by atoms with E-state index in [0.29, 0.717) is 17.0 Å². The van der Waals surface area contributed by atoms with Crippen LogP contribution in [0.2, 0.25) is 0 Å². The third-order valence-electron chi connectivity index (χ3n) is 4.01. The maximum atomic E-state index is 12.5. The van der Waals surface area contributed by atoms with Gasteiger partial charge in [-0.25, -0.2) is 4.79 Å². The Balaban J connectivity index is 2.62. The standard InChI is InChI=1S/C18H20BrNO4/c1-5-24-18(22)15-11(3)20-10(2)14(17(21)23-4)16(15)12-6-8-13(19)9-7-12/h6-9,14,16H,5H2,1-4H3. The molecule has 2 unspecified atom stereocenters. The van der Waals surface area contributed by atoms with Crippen LogP contribution in [-0.4, -0.2) is 31.4 Å². The summed E-state index contributed by atoms with van der Waals surface area (Å²) < 4.78 is 11.1. The maximum absolute atomic E-state index is 12.5. The predicted octanol–water partition coefficient (Wildman–Crippen LogP) is 3.63. The zero-order valence-electron chi connectivity index (χ0n) is 14.1. The van der Waals surface area contributed by atoms with Crippen molar-refractivity contribution in [1.29, 1.82) is 0 Å². The molecule has 1 aliphatic heterocycles. The van der Waals surface area contributed by atoms with E-state index >= 15 is 0 Å². The average molecular weight is 394 g/mol. The molecule has 6 heteroatoms. The number of halogens is 1. The van der Waals surface area contributed by atoms with Crippen LogP contribution in [0.15, 0.2) is 45.0 Å². The molecule has 24 heavy (non-hydrogen) atoms. The normalized spacial score (nSPS) is 20.5. The molecular weight excluding hydrogens is 374 g/mol. The molecule has 5 nitrogen and oxygen atoms in total. The minimum atomic E-state index is -0.653. The van der Waals surface area contributed by atoms with E-state index in [9.17, 15) is 9.59 Å². The zero-order valence-corrected chi connectivity index (χ0v) is 15.7. The second-order valence-electron chi connectivity index (χ2n) is 5.50. The number of allylic oxidation sites excluding steroid dienone is 1. The smallest absolute Gasteiger partial charge is 0.336 e. The lowest BCUT2D eigenvalue weighted by Crippen LogP contribution is -2.36. The lowest BCUT2D eigenvalue weighted by Gasteiger charge is -2.31. The molecule has 0 N–H and O–H groups in total. The quantitative estimate of drug-likeness (QED) is 0.732. The van der Waals surface area contributed by atoms with E-state index in [-0.39, 0.29) is 6.61 Å². The number of methoxy groups -OCH3 is 1. The minimum absolute atomic E-state index is 0.258. The van der Waals surface area contributed by atoms with Crippen LogP contribution in [-0.2, 0) is 19.1 Å². The summed E-state index contributed by atoms with van der Waals surface area (Å²) in [6.07, 6.45) is 0. The van der Waals surface area contributed by atoms with Crippen molar-refractivity contribution in [3.05, 3.63) is 45.6 Å². The van der Waals surface area contributed by atoms with Crippen LogP contribution in [0.5, 0.6) is 0 Å². The van der Waals surface area contributed by atoms with Crippen molar-refractivity contribution >= 4 is 33.6 Å². The van der Waals surface area contributed by atoms with Crippen molar-refractivity contribution in [3.63, 3.8) is 0 Å². The highest BCUT2D eigenvalue weighted by atomic mass is 79.9. The fourth-order valence-electron chi connectivity index (χ4n) is 2.97. The molecule has 0 radical (unpaired) electrons. The molecule has 1 heterocycles. The van der Waals surface area contributed by atoms with Gasteiger partial charge in [0, 0.05) is 21.8 Å². The van der Waals surface area contributed by atoms with Crippen LogP contribution in [0.4, 0.5) is 0 Å².